The van der Waals surface area contributed by atoms with E-state index in [1.165, 1.54) is 0 Å². The molecule has 1 aliphatic rings. The van der Waals surface area contributed by atoms with Crippen LogP contribution in [0.5, 0.6) is 0 Å². The molecule has 1 aliphatic carbocycles. The highest BCUT2D eigenvalue weighted by Gasteiger charge is 2.42. The predicted molar refractivity (Wildman–Crippen MR) is 108 cm³/mol. The van der Waals surface area contributed by atoms with Crippen LogP contribution in [0, 0.1) is 11.8 Å². The van der Waals surface area contributed by atoms with Crippen LogP contribution in [0.3, 0.4) is 0 Å². The van der Waals surface area contributed by atoms with Crippen LogP contribution >= 0.6 is 8.03 Å². The molecule has 0 aromatic heterocycles. The minimum atomic E-state index is -1.76. The van der Waals surface area contributed by atoms with Crippen LogP contribution in [0.15, 0.2) is 12.2 Å². The average molecular weight is 419 g/mol. The Morgan fingerprint density at radius 2 is 1.86 bits per heavy atom. The average Bonchev–Trinajstić information content (AvgIpc) is 2.91. The monoisotopic (exact) mass is 419 g/mol. The molecule has 162 valence electrons. The fourth-order valence-corrected chi connectivity index (χ4v) is 4.43. The number of carboxylic acid groups (broad SMARTS) is 1. The van der Waals surface area contributed by atoms with Crippen molar-refractivity contribution in [3.05, 3.63) is 12.2 Å². The molecule has 1 rings (SSSR count). The summed E-state index contributed by atoms with van der Waals surface area (Å²) in [5, 5.41) is 29.0. The minimum Gasteiger partial charge on any atom is -0.481 e. The molecule has 0 saturated heterocycles. The van der Waals surface area contributed by atoms with Gasteiger partial charge < -0.3 is 20.1 Å². The Morgan fingerprint density at radius 1 is 1.11 bits per heavy atom. The number of aliphatic hydroxyl groups excluding tert-OH is 2. The number of hydrogen-bond acceptors (Lipinski definition) is 6. The van der Waals surface area contributed by atoms with E-state index >= 15 is 0 Å². The summed E-state index contributed by atoms with van der Waals surface area (Å²) in [4.78, 5) is 10.5. The molecule has 3 N–H and O–H groups in total. The van der Waals surface area contributed by atoms with Gasteiger partial charge in [-0.3, -0.25) is 4.79 Å². The van der Waals surface area contributed by atoms with Crippen molar-refractivity contribution in [2.45, 2.75) is 70.5 Å². The van der Waals surface area contributed by atoms with Crippen LogP contribution < -0.4 is 0 Å². The summed E-state index contributed by atoms with van der Waals surface area (Å²) in [6.45, 7) is 3.59. The first-order chi connectivity index (χ1) is 13.5. The van der Waals surface area contributed by atoms with E-state index in [-0.39, 0.29) is 24.9 Å². The number of rotatable bonds is 16. The Kier molecular flexibility index (Phi) is 13.5. The smallest absolute Gasteiger partial charge is 0.481 e. The maximum atomic E-state index is 12.1. The molecule has 0 heterocycles. The topological polar surface area (TPSA) is 113 Å². The maximum absolute atomic E-state index is 12.1. The van der Waals surface area contributed by atoms with Crippen molar-refractivity contribution in [2.24, 2.45) is 11.8 Å². The number of hydrogen-bond donors (Lipinski definition) is 3. The lowest BCUT2D eigenvalue weighted by molar-refractivity contribution is -0.137. The summed E-state index contributed by atoms with van der Waals surface area (Å²) in [6, 6.07) is 0. The van der Waals surface area contributed by atoms with E-state index in [1.54, 1.807) is 0 Å². The molecular weight excluding hydrogens is 383 g/mol. The summed E-state index contributed by atoms with van der Waals surface area (Å²) in [5.41, 5.74) is 0. The third kappa shape index (κ3) is 10.6. The summed E-state index contributed by atoms with van der Waals surface area (Å²) >= 11 is 0. The molecule has 7 nitrogen and oxygen atoms in total. The van der Waals surface area contributed by atoms with Crippen LogP contribution in [-0.4, -0.2) is 59.5 Å². The van der Waals surface area contributed by atoms with Gasteiger partial charge in [0.05, 0.1) is 12.2 Å². The van der Waals surface area contributed by atoms with E-state index in [2.05, 4.69) is 0 Å². The molecule has 1 fully saturated rings. The van der Waals surface area contributed by atoms with E-state index in [4.69, 9.17) is 14.4 Å². The predicted octanol–water partition coefficient (Wildman–Crippen LogP) is 3.51. The van der Waals surface area contributed by atoms with Crippen LogP contribution in [0.4, 0.5) is 0 Å². The van der Waals surface area contributed by atoms with Gasteiger partial charge >= 0.3 is 14.0 Å². The van der Waals surface area contributed by atoms with Crippen molar-refractivity contribution in [3.8, 4) is 0 Å². The summed E-state index contributed by atoms with van der Waals surface area (Å²) in [5.74, 6) is -1.18. The zero-order valence-electron chi connectivity index (χ0n) is 16.9. The maximum Gasteiger partial charge on any atom is 0.508 e. The van der Waals surface area contributed by atoms with Crippen molar-refractivity contribution in [2.75, 3.05) is 26.0 Å². The Hall–Kier alpha value is -0.850. The summed E-state index contributed by atoms with van der Waals surface area (Å²) in [6.07, 6.45) is 8.10. The zero-order valence-corrected chi connectivity index (χ0v) is 17.8. The second-order valence-corrected chi connectivity index (χ2v) is 8.67. The van der Waals surface area contributed by atoms with E-state index in [0.717, 1.165) is 25.9 Å². The van der Waals surface area contributed by atoms with Gasteiger partial charge in [-0.05, 0) is 62.4 Å². The second-order valence-electron chi connectivity index (χ2n) is 7.30. The molecule has 8 heteroatoms. The Morgan fingerprint density at radius 3 is 2.57 bits per heavy atom. The Balaban J connectivity index is 2.29. The van der Waals surface area contributed by atoms with Crippen LogP contribution in [0.2, 0.25) is 0 Å². The van der Waals surface area contributed by atoms with Crippen molar-refractivity contribution in [1.82, 2.24) is 0 Å². The number of carbonyl (C=O) groups is 1. The lowest BCUT2D eigenvalue weighted by Gasteiger charge is -2.20. The molecule has 0 amide bonds. The van der Waals surface area contributed by atoms with Gasteiger partial charge in [-0.2, -0.15) is 0 Å². The van der Waals surface area contributed by atoms with Crippen LogP contribution in [0.1, 0.15) is 58.3 Å². The van der Waals surface area contributed by atoms with Crippen molar-refractivity contribution in [3.63, 3.8) is 0 Å². The molecule has 2 unspecified atom stereocenters. The van der Waals surface area contributed by atoms with Gasteiger partial charge in [0.15, 0.2) is 6.16 Å². The highest BCUT2D eigenvalue weighted by atomic mass is 31.1. The fraction of sp³-hybridized carbons (Fsp3) is 0.850. The van der Waals surface area contributed by atoms with Crippen molar-refractivity contribution < 1.29 is 33.9 Å². The third-order valence-corrected chi connectivity index (χ3v) is 6.22. The minimum absolute atomic E-state index is 0.139. The number of aliphatic carboxylic acids is 1. The van der Waals surface area contributed by atoms with E-state index in [9.17, 15) is 19.6 Å². The largest absolute Gasteiger partial charge is 0.508 e. The molecule has 0 radical (unpaired) electrons. The Labute approximate surface area is 169 Å². The van der Waals surface area contributed by atoms with Gasteiger partial charge in [-0.25, -0.2) is 0 Å². The standard InChI is InChI=1S/C20H35O7P/c1-2-26-12-8-5-9-13-28(25)27-15-17-16(18(21)14-19(17)22)10-6-3-4-7-11-20(23)24/h3,6,16-19,21-22H,2,4-5,7-15H2,1H3/p+1/t16?,17-,18+,19-/m1/s1. The van der Waals surface area contributed by atoms with Crippen LogP contribution in [-0.2, 0) is 18.6 Å². The zero-order chi connectivity index (χ0) is 20.8. The number of allylic oxidation sites excluding steroid dienone is 2. The third-order valence-electron chi connectivity index (χ3n) is 5.10. The first-order valence-electron chi connectivity index (χ1n) is 10.3. The molecule has 0 bridgehead atoms. The second kappa shape index (κ2) is 15.1. The first kappa shape index (κ1) is 25.2. The van der Waals surface area contributed by atoms with Gasteiger partial charge in [0, 0.05) is 25.6 Å². The molecule has 0 aromatic rings. The van der Waals surface area contributed by atoms with E-state index in [1.807, 2.05) is 19.1 Å². The number of unbranched alkanes of at least 4 members (excludes halogenated alkanes) is 3. The molecule has 1 saturated carbocycles. The molecular formula is C20H36O7P+. The number of carboxylic acids is 1. The highest BCUT2D eigenvalue weighted by Crippen LogP contribution is 2.37. The molecule has 28 heavy (non-hydrogen) atoms. The van der Waals surface area contributed by atoms with E-state index in [0.29, 0.717) is 38.5 Å². The summed E-state index contributed by atoms with van der Waals surface area (Å²) < 4.78 is 22.8. The lowest BCUT2D eigenvalue weighted by atomic mass is 9.91. The van der Waals surface area contributed by atoms with Gasteiger partial charge in [0.2, 0.25) is 0 Å². The van der Waals surface area contributed by atoms with Gasteiger partial charge in [0.25, 0.3) is 0 Å². The van der Waals surface area contributed by atoms with Crippen molar-refractivity contribution in [1.29, 1.82) is 0 Å². The Bertz CT molecular complexity index is 483. The first-order valence-corrected chi connectivity index (χ1v) is 11.7. The van der Waals surface area contributed by atoms with Crippen LogP contribution in [0.25, 0.3) is 0 Å². The molecule has 0 aliphatic heterocycles. The van der Waals surface area contributed by atoms with Gasteiger partial charge in [-0.15, -0.1) is 4.52 Å². The fourth-order valence-electron chi connectivity index (χ4n) is 3.48. The number of aliphatic hydroxyl groups is 2. The van der Waals surface area contributed by atoms with Gasteiger partial charge in [0.1, 0.15) is 6.61 Å². The van der Waals surface area contributed by atoms with Gasteiger partial charge in [-0.1, -0.05) is 12.2 Å². The summed E-state index contributed by atoms with van der Waals surface area (Å²) in [7, 11) is -1.76. The molecule has 0 spiro atoms. The van der Waals surface area contributed by atoms with E-state index < -0.39 is 26.2 Å². The SMILES string of the molecule is CCOCCCCC[P+](=O)OC[C@@H]1C(CC=CCCCC(=O)O)[C@@H](O)C[C@H]1O. The number of ether oxygens (including phenoxy) is 1. The lowest BCUT2D eigenvalue weighted by Crippen LogP contribution is -2.25. The quantitative estimate of drug-likeness (QED) is 0.199. The highest BCUT2D eigenvalue weighted by molar-refractivity contribution is 7.39. The normalized spacial score (nSPS) is 25.5. The molecule has 5 atom stereocenters. The van der Waals surface area contributed by atoms with Crippen molar-refractivity contribution >= 4 is 14.0 Å². The molecule has 0 aromatic carbocycles.